The number of pyridine rings is 1. The Hall–Kier alpha value is -1.68. The van der Waals surface area contributed by atoms with Crippen LogP contribution in [0.1, 0.15) is 5.56 Å². The van der Waals surface area contributed by atoms with Gasteiger partial charge >= 0.3 is 0 Å². The first kappa shape index (κ1) is 7.94. The number of H-pyrrole nitrogens is 1. The summed E-state index contributed by atoms with van der Waals surface area (Å²) in [6.07, 6.45) is 7.37. The van der Waals surface area contributed by atoms with Gasteiger partial charge in [-0.1, -0.05) is 12.2 Å². The fourth-order valence-corrected chi connectivity index (χ4v) is 1.15. The van der Waals surface area contributed by atoms with E-state index in [1.807, 2.05) is 18.2 Å². The van der Waals surface area contributed by atoms with Gasteiger partial charge in [-0.25, -0.2) is 4.98 Å². The Labute approximate surface area is 75.5 Å². The van der Waals surface area contributed by atoms with Crippen LogP contribution in [0.3, 0.4) is 0 Å². The zero-order chi connectivity index (χ0) is 9.10. The summed E-state index contributed by atoms with van der Waals surface area (Å²) in [7, 11) is 0. The molecule has 3 N–H and O–H groups in total. The number of nitrogens with zero attached hydrogens (tertiary/aromatic N) is 2. The summed E-state index contributed by atoms with van der Waals surface area (Å²) in [5.41, 5.74) is 7.19. The highest BCUT2D eigenvalue weighted by Crippen LogP contribution is 2.10. The molecule has 0 saturated carbocycles. The van der Waals surface area contributed by atoms with E-state index < -0.39 is 0 Å². The van der Waals surface area contributed by atoms with Crippen LogP contribution >= 0.6 is 0 Å². The molecule has 0 aliphatic heterocycles. The monoisotopic (exact) mass is 174 g/mol. The van der Waals surface area contributed by atoms with E-state index in [1.165, 1.54) is 0 Å². The minimum absolute atomic E-state index is 0.545. The molecule has 2 rings (SSSR count). The lowest BCUT2D eigenvalue weighted by atomic mass is 10.2. The standard InChI is InChI=1S/C9H10N4/c10-3-1-2-7-4-8-6-12-13-9(8)11-5-7/h1-2,4-6H,3,10H2,(H,11,12,13). The Kier molecular flexibility index (Phi) is 2.06. The maximum Gasteiger partial charge on any atom is 0.155 e. The lowest BCUT2D eigenvalue weighted by molar-refractivity contribution is 1.10. The van der Waals surface area contributed by atoms with Crippen molar-refractivity contribution in [1.82, 2.24) is 15.2 Å². The van der Waals surface area contributed by atoms with Gasteiger partial charge in [0.1, 0.15) is 0 Å². The Bertz CT molecular complexity index is 430. The van der Waals surface area contributed by atoms with Gasteiger partial charge in [-0.3, -0.25) is 5.10 Å². The molecule has 0 aromatic carbocycles. The van der Waals surface area contributed by atoms with Crippen molar-refractivity contribution >= 4 is 17.1 Å². The average Bonchev–Trinajstić information content (AvgIpc) is 2.61. The molecular weight excluding hydrogens is 164 g/mol. The van der Waals surface area contributed by atoms with Crippen molar-refractivity contribution in [3.05, 3.63) is 30.1 Å². The Balaban J connectivity index is 2.42. The summed E-state index contributed by atoms with van der Waals surface area (Å²) in [5, 5.41) is 7.69. The summed E-state index contributed by atoms with van der Waals surface area (Å²) in [5.74, 6) is 0. The van der Waals surface area contributed by atoms with Crippen molar-refractivity contribution in [3.8, 4) is 0 Å². The molecule has 0 aliphatic rings. The summed E-state index contributed by atoms with van der Waals surface area (Å²) in [6.45, 7) is 0.545. The lowest BCUT2D eigenvalue weighted by Gasteiger charge is -1.91. The number of rotatable bonds is 2. The van der Waals surface area contributed by atoms with E-state index in [1.54, 1.807) is 12.4 Å². The summed E-state index contributed by atoms with van der Waals surface area (Å²) in [4.78, 5) is 4.18. The van der Waals surface area contributed by atoms with Gasteiger partial charge in [-0.05, 0) is 11.6 Å². The molecule has 0 atom stereocenters. The molecule has 0 aliphatic carbocycles. The highest BCUT2D eigenvalue weighted by Gasteiger charge is 1.95. The Morgan fingerprint density at radius 3 is 3.23 bits per heavy atom. The maximum atomic E-state index is 5.34. The van der Waals surface area contributed by atoms with Crippen molar-refractivity contribution in [2.45, 2.75) is 0 Å². The molecular formula is C9H10N4. The van der Waals surface area contributed by atoms with Crippen molar-refractivity contribution in [3.63, 3.8) is 0 Å². The predicted octanol–water partition coefficient (Wildman–Crippen LogP) is 0.930. The average molecular weight is 174 g/mol. The van der Waals surface area contributed by atoms with E-state index in [2.05, 4.69) is 15.2 Å². The van der Waals surface area contributed by atoms with Crippen LogP contribution in [-0.2, 0) is 0 Å². The molecule has 0 unspecified atom stereocenters. The molecule has 13 heavy (non-hydrogen) atoms. The van der Waals surface area contributed by atoms with Gasteiger partial charge in [0.05, 0.1) is 6.20 Å². The Morgan fingerprint density at radius 2 is 2.38 bits per heavy atom. The molecule has 4 nitrogen and oxygen atoms in total. The third kappa shape index (κ3) is 1.57. The normalized spacial score (nSPS) is 11.5. The van der Waals surface area contributed by atoms with Crippen LogP contribution in [0.2, 0.25) is 0 Å². The smallest absolute Gasteiger partial charge is 0.155 e. The van der Waals surface area contributed by atoms with Crippen molar-refractivity contribution in [2.75, 3.05) is 6.54 Å². The first-order valence-electron chi connectivity index (χ1n) is 4.06. The van der Waals surface area contributed by atoms with Crippen LogP contribution in [0.15, 0.2) is 24.5 Å². The largest absolute Gasteiger partial charge is 0.327 e. The fourth-order valence-electron chi connectivity index (χ4n) is 1.15. The molecule has 0 radical (unpaired) electrons. The first-order valence-corrected chi connectivity index (χ1v) is 4.06. The third-order valence-electron chi connectivity index (χ3n) is 1.76. The number of aromatic amines is 1. The number of hydrogen-bond acceptors (Lipinski definition) is 3. The number of nitrogens with one attached hydrogen (secondary N) is 1. The van der Waals surface area contributed by atoms with Crippen molar-refractivity contribution in [2.24, 2.45) is 5.73 Å². The van der Waals surface area contributed by atoms with E-state index in [9.17, 15) is 0 Å². The molecule has 0 fully saturated rings. The second-order valence-corrected chi connectivity index (χ2v) is 2.71. The molecule has 2 heterocycles. The van der Waals surface area contributed by atoms with Crippen LogP contribution < -0.4 is 5.73 Å². The Morgan fingerprint density at radius 1 is 1.46 bits per heavy atom. The minimum atomic E-state index is 0.545. The van der Waals surface area contributed by atoms with E-state index in [0.29, 0.717) is 6.54 Å². The molecule has 0 saturated heterocycles. The number of hydrogen-bond donors (Lipinski definition) is 2. The highest BCUT2D eigenvalue weighted by atomic mass is 15.1. The van der Waals surface area contributed by atoms with Gasteiger partial charge in [0.2, 0.25) is 0 Å². The van der Waals surface area contributed by atoms with Gasteiger partial charge in [0.25, 0.3) is 0 Å². The van der Waals surface area contributed by atoms with Crippen LogP contribution in [0, 0.1) is 0 Å². The van der Waals surface area contributed by atoms with Gasteiger partial charge < -0.3 is 5.73 Å². The van der Waals surface area contributed by atoms with Gasteiger partial charge in [-0.2, -0.15) is 5.10 Å². The van der Waals surface area contributed by atoms with Crippen LogP contribution in [0.25, 0.3) is 17.1 Å². The van der Waals surface area contributed by atoms with E-state index >= 15 is 0 Å². The van der Waals surface area contributed by atoms with Gasteiger partial charge in [-0.15, -0.1) is 0 Å². The van der Waals surface area contributed by atoms with Crippen molar-refractivity contribution < 1.29 is 0 Å². The molecule has 66 valence electrons. The topological polar surface area (TPSA) is 67.6 Å². The number of aromatic nitrogens is 3. The second kappa shape index (κ2) is 3.37. The van der Waals surface area contributed by atoms with Gasteiger partial charge in [0.15, 0.2) is 5.65 Å². The third-order valence-corrected chi connectivity index (χ3v) is 1.76. The quantitative estimate of drug-likeness (QED) is 0.711. The molecule has 2 aromatic rings. The molecule has 0 bridgehead atoms. The van der Waals surface area contributed by atoms with E-state index in [4.69, 9.17) is 5.73 Å². The second-order valence-electron chi connectivity index (χ2n) is 2.71. The number of fused-ring (bicyclic) bond motifs is 1. The van der Waals surface area contributed by atoms with Crippen LogP contribution in [0.4, 0.5) is 0 Å². The van der Waals surface area contributed by atoms with Crippen molar-refractivity contribution in [1.29, 1.82) is 0 Å². The summed E-state index contributed by atoms with van der Waals surface area (Å²) >= 11 is 0. The summed E-state index contributed by atoms with van der Waals surface area (Å²) < 4.78 is 0. The zero-order valence-corrected chi connectivity index (χ0v) is 7.07. The molecule has 4 heteroatoms. The highest BCUT2D eigenvalue weighted by molar-refractivity contribution is 5.76. The molecule has 0 amide bonds. The first-order chi connectivity index (χ1) is 6.40. The zero-order valence-electron chi connectivity index (χ0n) is 7.07. The summed E-state index contributed by atoms with van der Waals surface area (Å²) in [6, 6.07) is 2.01. The van der Waals surface area contributed by atoms with Crippen LogP contribution in [-0.4, -0.2) is 21.7 Å². The van der Waals surface area contributed by atoms with E-state index in [0.717, 1.165) is 16.6 Å². The number of nitrogens with two attached hydrogens (primary N) is 1. The lowest BCUT2D eigenvalue weighted by Crippen LogP contribution is -1.92. The van der Waals surface area contributed by atoms with Crippen LogP contribution in [0.5, 0.6) is 0 Å². The SMILES string of the molecule is NCC=Cc1cnc2[nH]ncc2c1. The maximum absolute atomic E-state index is 5.34. The molecule has 0 spiro atoms. The van der Waals surface area contributed by atoms with Gasteiger partial charge in [0, 0.05) is 18.1 Å². The predicted molar refractivity (Wildman–Crippen MR) is 52.0 cm³/mol. The molecule has 2 aromatic heterocycles. The fraction of sp³-hybridized carbons (Fsp3) is 0.111. The minimum Gasteiger partial charge on any atom is -0.327 e. The van der Waals surface area contributed by atoms with E-state index in [-0.39, 0.29) is 0 Å².